The Labute approximate surface area is 156 Å². The summed E-state index contributed by atoms with van der Waals surface area (Å²) in [6, 6.07) is 4.05. The SMILES string of the molecule is CCCCCc1ccc(OC)c(C2C=C(C)CC=C2C(=O)OC)c1OC. The van der Waals surface area contributed by atoms with E-state index in [1.54, 1.807) is 14.2 Å². The molecule has 0 heterocycles. The van der Waals surface area contributed by atoms with Gasteiger partial charge in [-0.3, -0.25) is 0 Å². The van der Waals surface area contributed by atoms with Crippen molar-refractivity contribution in [3.05, 3.63) is 46.6 Å². The van der Waals surface area contributed by atoms with Gasteiger partial charge in [0.15, 0.2) is 0 Å². The molecule has 1 aromatic carbocycles. The van der Waals surface area contributed by atoms with E-state index in [1.165, 1.54) is 25.5 Å². The zero-order chi connectivity index (χ0) is 19.1. The van der Waals surface area contributed by atoms with Crippen molar-refractivity contribution < 1.29 is 19.0 Å². The highest BCUT2D eigenvalue weighted by Gasteiger charge is 2.30. The van der Waals surface area contributed by atoms with Gasteiger partial charge < -0.3 is 14.2 Å². The molecule has 0 fully saturated rings. The zero-order valence-electron chi connectivity index (χ0n) is 16.6. The van der Waals surface area contributed by atoms with Gasteiger partial charge in [-0.15, -0.1) is 0 Å². The molecule has 1 unspecified atom stereocenters. The van der Waals surface area contributed by atoms with E-state index in [2.05, 4.69) is 26.0 Å². The topological polar surface area (TPSA) is 44.8 Å². The van der Waals surface area contributed by atoms with Crippen LogP contribution in [-0.4, -0.2) is 27.3 Å². The lowest BCUT2D eigenvalue weighted by molar-refractivity contribution is -0.136. The molecule has 2 rings (SSSR count). The predicted octanol–water partition coefficient (Wildman–Crippen LogP) is 4.97. The van der Waals surface area contributed by atoms with Gasteiger partial charge in [-0.1, -0.05) is 43.6 Å². The lowest BCUT2D eigenvalue weighted by Gasteiger charge is -2.26. The van der Waals surface area contributed by atoms with E-state index in [1.807, 2.05) is 12.1 Å². The molecule has 0 saturated heterocycles. The summed E-state index contributed by atoms with van der Waals surface area (Å²) < 4.78 is 16.5. The molecule has 0 amide bonds. The van der Waals surface area contributed by atoms with E-state index in [9.17, 15) is 4.79 Å². The number of ether oxygens (including phenoxy) is 3. The van der Waals surface area contributed by atoms with Crippen LogP contribution in [0.15, 0.2) is 35.4 Å². The lowest BCUT2D eigenvalue weighted by Crippen LogP contribution is -2.17. The second-order valence-electron chi connectivity index (χ2n) is 6.68. The highest BCUT2D eigenvalue weighted by atomic mass is 16.5. The maximum absolute atomic E-state index is 12.4. The molecule has 0 N–H and O–H groups in total. The largest absolute Gasteiger partial charge is 0.496 e. The molecule has 0 radical (unpaired) electrons. The van der Waals surface area contributed by atoms with Gasteiger partial charge >= 0.3 is 5.97 Å². The first-order valence-corrected chi connectivity index (χ1v) is 9.26. The van der Waals surface area contributed by atoms with Crippen LogP contribution in [0.5, 0.6) is 11.5 Å². The summed E-state index contributed by atoms with van der Waals surface area (Å²) in [4.78, 5) is 12.4. The minimum atomic E-state index is -0.306. The van der Waals surface area contributed by atoms with Crippen molar-refractivity contribution in [1.82, 2.24) is 0 Å². The van der Waals surface area contributed by atoms with Crippen LogP contribution in [0.4, 0.5) is 0 Å². The first-order valence-electron chi connectivity index (χ1n) is 9.26. The molecule has 0 bridgehead atoms. The van der Waals surface area contributed by atoms with Crippen LogP contribution < -0.4 is 9.47 Å². The Balaban J connectivity index is 2.56. The fourth-order valence-electron chi connectivity index (χ4n) is 3.51. The van der Waals surface area contributed by atoms with E-state index in [0.717, 1.165) is 41.9 Å². The molecule has 142 valence electrons. The van der Waals surface area contributed by atoms with Gasteiger partial charge in [0, 0.05) is 17.1 Å². The Bertz CT molecular complexity index is 700. The molecule has 26 heavy (non-hydrogen) atoms. The van der Waals surface area contributed by atoms with Gasteiger partial charge in [-0.05, 0) is 37.8 Å². The van der Waals surface area contributed by atoms with Gasteiger partial charge in [-0.25, -0.2) is 4.79 Å². The van der Waals surface area contributed by atoms with Crippen LogP contribution in [0.3, 0.4) is 0 Å². The number of hydrogen-bond acceptors (Lipinski definition) is 4. The summed E-state index contributed by atoms with van der Waals surface area (Å²) in [6.07, 6.45) is 9.22. The van der Waals surface area contributed by atoms with Crippen LogP contribution in [0.25, 0.3) is 0 Å². The van der Waals surface area contributed by atoms with E-state index < -0.39 is 0 Å². The minimum Gasteiger partial charge on any atom is -0.496 e. The maximum atomic E-state index is 12.4. The minimum absolute atomic E-state index is 0.229. The van der Waals surface area contributed by atoms with Crippen molar-refractivity contribution in [1.29, 1.82) is 0 Å². The number of rotatable bonds is 8. The van der Waals surface area contributed by atoms with E-state index in [-0.39, 0.29) is 11.9 Å². The van der Waals surface area contributed by atoms with Crippen LogP contribution in [0.1, 0.15) is 56.6 Å². The normalized spacial score (nSPS) is 16.6. The van der Waals surface area contributed by atoms with Crippen molar-refractivity contribution in [3.8, 4) is 11.5 Å². The number of hydrogen-bond donors (Lipinski definition) is 0. The number of carbonyl (C=O) groups excluding carboxylic acids is 1. The number of aryl methyl sites for hydroxylation is 1. The number of allylic oxidation sites excluding steroid dienone is 3. The average Bonchev–Trinajstić information content (AvgIpc) is 2.66. The molecule has 4 nitrogen and oxygen atoms in total. The second kappa shape index (κ2) is 9.46. The molecule has 0 spiro atoms. The monoisotopic (exact) mass is 358 g/mol. The number of unbranched alkanes of at least 4 members (excludes halogenated alkanes) is 2. The molecule has 1 atom stereocenters. The number of benzene rings is 1. The molecule has 1 aliphatic rings. The molecular weight excluding hydrogens is 328 g/mol. The van der Waals surface area contributed by atoms with Crippen LogP contribution >= 0.6 is 0 Å². The summed E-state index contributed by atoms with van der Waals surface area (Å²) in [7, 11) is 4.75. The zero-order valence-corrected chi connectivity index (χ0v) is 16.6. The van der Waals surface area contributed by atoms with Gasteiger partial charge in [0.1, 0.15) is 11.5 Å². The van der Waals surface area contributed by atoms with Gasteiger partial charge in [0.2, 0.25) is 0 Å². The van der Waals surface area contributed by atoms with Crippen molar-refractivity contribution in [2.24, 2.45) is 0 Å². The molecule has 0 saturated carbocycles. The summed E-state index contributed by atoms with van der Waals surface area (Å²) >= 11 is 0. The Kier molecular flexibility index (Phi) is 7.31. The standard InChI is InChI=1S/C22H30O4/c1-6-7-8-9-16-11-13-19(24-3)20(21(16)25-4)18-14-15(2)10-12-17(18)22(23)26-5/h11-14,18H,6-10H2,1-5H3. The molecule has 4 heteroatoms. The van der Waals surface area contributed by atoms with E-state index in [4.69, 9.17) is 14.2 Å². The maximum Gasteiger partial charge on any atom is 0.334 e. The Morgan fingerprint density at radius 3 is 2.54 bits per heavy atom. The summed E-state index contributed by atoms with van der Waals surface area (Å²) in [5, 5.41) is 0. The summed E-state index contributed by atoms with van der Waals surface area (Å²) in [6.45, 7) is 4.27. The van der Waals surface area contributed by atoms with Crippen molar-refractivity contribution in [2.45, 2.75) is 51.9 Å². The lowest BCUT2D eigenvalue weighted by atomic mass is 9.82. The van der Waals surface area contributed by atoms with Crippen LogP contribution in [0.2, 0.25) is 0 Å². The molecular formula is C22H30O4. The first kappa shape index (κ1) is 20.1. The van der Waals surface area contributed by atoms with E-state index in [0.29, 0.717) is 5.57 Å². The van der Waals surface area contributed by atoms with Gasteiger partial charge in [-0.2, -0.15) is 0 Å². The van der Waals surface area contributed by atoms with Crippen molar-refractivity contribution in [3.63, 3.8) is 0 Å². The Hall–Kier alpha value is -2.23. The highest BCUT2D eigenvalue weighted by Crippen LogP contribution is 2.44. The smallest absolute Gasteiger partial charge is 0.334 e. The summed E-state index contributed by atoms with van der Waals surface area (Å²) in [5.74, 6) is 1.00. The van der Waals surface area contributed by atoms with Crippen LogP contribution in [-0.2, 0) is 16.0 Å². The van der Waals surface area contributed by atoms with Gasteiger partial charge in [0.25, 0.3) is 0 Å². The van der Waals surface area contributed by atoms with Crippen molar-refractivity contribution >= 4 is 5.97 Å². The third kappa shape index (κ3) is 4.29. The summed E-state index contributed by atoms with van der Waals surface area (Å²) in [5.41, 5.74) is 3.90. The number of methoxy groups -OCH3 is 3. The molecule has 1 aliphatic carbocycles. The third-order valence-corrected chi connectivity index (χ3v) is 4.87. The average molecular weight is 358 g/mol. The third-order valence-electron chi connectivity index (χ3n) is 4.87. The van der Waals surface area contributed by atoms with Gasteiger partial charge in [0.05, 0.1) is 21.3 Å². The van der Waals surface area contributed by atoms with E-state index >= 15 is 0 Å². The molecule has 0 aliphatic heterocycles. The Morgan fingerprint density at radius 2 is 1.92 bits per heavy atom. The second-order valence-corrected chi connectivity index (χ2v) is 6.68. The highest BCUT2D eigenvalue weighted by molar-refractivity contribution is 5.91. The van der Waals surface area contributed by atoms with Crippen molar-refractivity contribution in [2.75, 3.05) is 21.3 Å². The first-order chi connectivity index (χ1) is 12.6. The molecule has 0 aromatic heterocycles. The molecule has 1 aromatic rings. The number of esters is 1. The predicted molar refractivity (Wildman–Crippen MR) is 104 cm³/mol. The fraction of sp³-hybridized carbons (Fsp3) is 0.500. The fourth-order valence-corrected chi connectivity index (χ4v) is 3.51. The Morgan fingerprint density at radius 1 is 1.15 bits per heavy atom. The van der Waals surface area contributed by atoms with Crippen LogP contribution in [0, 0.1) is 0 Å². The number of carbonyl (C=O) groups is 1. The quantitative estimate of drug-likeness (QED) is 0.374.